The average molecular weight is 546 g/mol. The molecule has 0 saturated heterocycles. The van der Waals surface area contributed by atoms with E-state index in [9.17, 15) is 14.4 Å². The molecule has 0 radical (unpaired) electrons. The van der Waals surface area contributed by atoms with Crippen LogP contribution in [-0.2, 0) is 14.3 Å². The summed E-state index contributed by atoms with van der Waals surface area (Å²) in [7, 11) is 1.42. The van der Waals surface area contributed by atoms with E-state index in [1.54, 1.807) is 55.5 Å². The summed E-state index contributed by atoms with van der Waals surface area (Å²) in [6, 6.07) is 14.2. The Hall–Kier alpha value is -5.32. The molecule has 0 N–H and O–H groups in total. The number of cyclic esters (lactones) is 1. The summed E-state index contributed by atoms with van der Waals surface area (Å²) in [5.74, 6) is 0.310. The van der Waals surface area contributed by atoms with E-state index < -0.39 is 17.9 Å². The molecule has 0 aromatic heterocycles. The fourth-order valence-electron chi connectivity index (χ4n) is 3.88. The van der Waals surface area contributed by atoms with Crippen LogP contribution < -0.4 is 28.4 Å². The van der Waals surface area contributed by atoms with Crippen LogP contribution in [0.5, 0.6) is 34.5 Å². The minimum absolute atomic E-state index is 0.0468. The zero-order chi connectivity index (χ0) is 28.2. The zero-order valence-corrected chi connectivity index (χ0v) is 21.7. The van der Waals surface area contributed by atoms with Crippen molar-refractivity contribution in [3.05, 3.63) is 77.0 Å². The molecule has 11 heteroatoms. The van der Waals surface area contributed by atoms with E-state index in [0.717, 1.165) is 0 Å². The van der Waals surface area contributed by atoms with Gasteiger partial charge in [0.15, 0.2) is 40.2 Å². The van der Waals surface area contributed by atoms with E-state index in [1.165, 1.54) is 26.2 Å². The van der Waals surface area contributed by atoms with Crippen molar-refractivity contribution in [2.45, 2.75) is 13.8 Å². The number of benzene rings is 3. The summed E-state index contributed by atoms with van der Waals surface area (Å²) in [5.41, 5.74) is 1.34. The smallest absolute Gasteiger partial charge is 0.363 e. The molecule has 0 fully saturated rings. The lowest BCUT2D eigenvalue weighted by Crippen LogP contribution is -2.09. The number of aliphatic imine (C=N–C) groups is 1. The maximum absolute atomic E-state index is 12.8. The van der Waals surface area contributed by atoms with Crippen LogP contribution >= 0.6 is 0 Å². The van der Waals surface area contributed by atoms with E-state index in [1.807, 2.05) is 0 Å². The Morgan fingerprint density at radius 1 is 0.925 bits per heavy atom. The predicted molar refractivity (Wildman–Crippen MR) is 140 cm³/mol. The number of rotatable bonds is 8. The first-order valence-corrected chi connectivity index (χ1v) is 12.1. The van der Waals surface area contributed by atoms with Crippen molar-refractivity contribution in [1.82, 2.24) is 0 Å². The second-order valence-corrected chi connectivity index (χ2v) is 8.39. The highest BCUT2D eigenvalue weighted by molar-refractivity contribution is 6.13. The van der Waals surface area contributed by atoms with Gasteiger partial charge >= 0.3 is 17.9 Å². The van der Waals surface area contributed by atoms with Crippen molar-refractivity contribution in [2.24, 2.45) is 4.99 Å². The molecule has 2 aliphatic rings. The maximum atomic E-state index is 12.8. The van der Waals surface area contributed by atoms with Crippen LogP contribution in [0.1, 0.15) is 35.3 Å². The minimum atomic E-state index is -0.658. The maximum Gasteiger partial charge on any atom is 0.363 e. The second kappa shape index (κ2) is 11.2. The van der Waals surface area contributed by atoms with Gasteiger partial charge < -0.3 is 33.2 Å². The standard InChI is InChI=1S/C29H23NO10/c1-4-35-25-12-17(5-8-23(25)39-28(32)19-7-9-21-26(14-19)37-15-36-21)11-20-29(33)40-27(30-20)18-6-10-22(38-16(2)31)24(13-18)34-3/h5-14H,4,15H2,1-3H3. The molecule has 204 valence electrons. The van der Waals surface area contributed by atoms with E-state index in [-0.39, 0.29) is 41.2 Å². The molecular formula is C29H23NO10. The summed E-state index contributed by atoms with van der Waals surface area (Å²) < 4.78 is 37.6. The van der Waals surface area contributed by atoms with Gasteiger partial charge in [-0.3, -0.25) is 4.79 Å². The van der Waals surface area contributed by atoms with Crippen LogP contribution in [0.2, 0.25) is 0 Å². The zero-order valence-electron chi connectivity index (χ0n) is 21.7. The molecule has 40 heavy (non-hydrogen) atoms. The molecule has 0 saturated carbocycles. The summed E-state index contributed by atoms with van der Waals surface area (Å²) in [4.78, 5) is 40.9. The molecular weight excluding hydrogens is 522 g/mol. The third kappa shape index (κ3) is 5.58. The van der Waals surface area contributed by atoms with Crippen LogP contribution in [0.4, 0.5) is 0 Å². The van der Waals surface area contributed by atoms with Crippen LogP contribution in [0.3, 0.4) is 0 Å². The number of hydrogen-bond donors (Lipinski definition) is 0. The van der Waals surface area contributed by atoms with Crippen LogP contribution in [-0.4, -0.2) is 44.3 Å². The lowest BCUT2D eigenvalue weighted by Gasteiger charge is -2.11. The van der Waals surface area contributed by atoms with Crippen molar-refractivity contribution in [2.75, 3.05) is 20.5 Å². The van der Waals surface area contributed by atoms with E-state index >= 15 is 0 Å². The molecule has 2 heterocycles. The number of carbonyl (C=O) groups excluding carboxylic acids is 3. The predicted octanol–water partition coefficient (Wildman–Crippen LogP) is 4.31. The molecule has 2 aliphatic heterocycles. The number of esters is 3. The summed E-state index contributed by atoms with van der Waals surface area (Å²) in [6.07, 6.45) is 1.52. The van der Waals surface area contributed by atoms with Gasteiger partial charge in [0.2, 0.25) is 12.7 Å². The van der Waals surface area contributed by atoms with Crippen molar-refractivity contribution in [1.29, 1.82) is 0 Å². The Morgan fingerprint density at radius 2 is 1.70 bits per heavy atom. The van der Waals surface area contributed by atoms with Crippen LogP contribution in [0, 0.1) is 0 Å². The van der Waals surface area contributed by atoms with Gasteiger partial charge in [0.25, 0.3) is 0 Å². The van der Waals surface area contributed by atoms with Crippen molar-refractivity contribution < 1.29 is 47.5 Å². The summed E-state index contributed by atoms with van der Waals surface area (Å²) in [6.45, 7) is 3.47. The Kier molecular flexibility index (Phi) is 7.36. The van der Waals surface area contributed by atoms with Crippen molar-refractivity contribution in [3.63, 3.8) is 0 Å². The largest absolute Gasteiger partial charge is 0.493 e. The Labute approximate surface area is 228 Å². The van der Waals surface area contributed by atoms with Gasteiger partial charge in [-0.15, -0.1) is 0 Å². The average Bonchev–Trinajstić information content (AvgIpc) is 3.56. The number of carbonyl (C=O) groups is 3. The summed E-state index contributed by atoms with van der Waals surface area (Å²) in [5, 5.41) is 0. The van der Waals surface area contributed by atoms with E-state index in [2.05, 4.69) is 4.99 Å². The fourth-order valence-corrected chi connectivity index (χ4v) is 3.88. The molecule has 3 aromatic rings. The van der Waals surface area contributed by atoms with E-state index in [4.69, 9.17) is 33.2 Å². The first kappa shape index (κ1) is 26.3. The lowest BCUT2D eigenvalue weighted by atomic mass is 10.1. The molecule has 5 rings (SSSR count). The number of ether oxygens (including phenoxy) is 7. The van der Waals surface area contributed by atoms with Gasteiger partial charge in [0, 0.05) is 12.5 Å². The highest BCUT2D eigenvalue weighted by Gasteiger charge is 2.26. The summed E-state index contributed by atoms with van der Waals surface area (Å²) >= 11 is 0. The lowest BCUT2D eigenvalue weighted by molar-refractivity contribution is -0.132. The van der Waals surface area contributed by atoms with Gasteiger partial charge in [-0.2, -0.15) is 0 Å². The third-order valence-electron chi connectivity index (χ3n) is 5.67. The van der Waals surface area contributed by atoms with Gasteiger partial charge in [0.1, 0.15) is 0 Å². The quantitative estimate of drug-likeness (QED) is 0.229. The number of hydrogen-bond acceptors (Lipinski definition) is 11. The number of fused-ring (bicyclic) bond motifs is 1. The Balaban J connectivity index is 1.37. The Morgan fingerprint density at radius 3 is 2.48 bits per heavy atom. The van der Waals surface area contributed by atoms with Crippen LogP contribution in [0.25, 0.3) is 6.08 Å². The topological polar surface area (TPSA) is 128 Å². The number of methoxy groups -OCH3 is 1. The number of nitrogens with zero attached hydrogens (tertiary/aromatic N) is 1. The van der Waals surface area contributed by atoms with Gasteiger partial charge in [-0.25, -0.2) is 14.6 Å². The highest BCUT2D eigenvalue weighted by atomic mass is 16.7. The third-order valence-corrected chi connectivity index (χ3v) is 5.67. The minimum Gasteiger partial charge on any atom is -0.493 e. The SMILES string of the molecule is CCOc1cc(C=C2N=C(c3ccc(OC(C)=O)c(OC)c3)OC2=O)ccc1OC(=O)c1ccc2c(c1)OCO2. The monoisotopic (exact) mass is 545 g/mol. The molecule has 11 nitrogen and oxygen atoms in total. The van der Waals surface area contributed by atoms with Gasteiger partial charge in [0.05, 0.1) is 19.3 Å². The first-order chi connectivity index (χ1) is 19.3. The molecule has 0 amide bonds. The first-order valence-electron chi connectivity index (χ1n) is 12.1. The Bertz CT molecular complexity index is 1570. The van der Waals surface area contributed by atoms with Crippen molar-refractivity contribution >= 4 is 29.9 Å². The van der Waals surface area contributed by atoms with Crippen molar-refractivity contribution in [3.8, 4) is 34.5 Å². The molecule has 0 spiro atoms. The molecule has 0 bridgehead atoms. The van der Waals surface area contributed by atoms with Crippen LogP contribution in [0.15, 0.2) is 65.3 Å². The molecule has 0 unspecified atom stereocenters. The van der Waals surface area contributed by atoms with E-state index in [0.29, 0.717) is 35.0 Å². The highest BCUT2D eigenvalue weighted by Crippen LogP contribution is 2.35. The molecule has 3 aromatic carbocycles. The molecule has 0 atom stereocenters. The fraction of sp³-hybridized carbons (Fsp3) is 0.172. The normalized spacial score (nSPS) is 14.4. The second-order valence-electron chi connectivity index (χ2n) is 8.39. The van der Waals surface area contributed by atoms with Gasteiger partial charge in [-0.05, 0) is 67.1 Å². The molecule has 0 aliphatic carbocycles. The van der Waals surface area contributed by atoms with Gasteiger partial charge in [-0.1, -0.05) is 6.07 Å².